The average molecular weight is 380 g/mol. The number of thioether (sulfide) groups is 1. The number of hydrogen-bond acceptors (Lipinski definition) is 4. The van der Waals surface area contributed by atoms with Gasteiger partial charge in [-0.1, -0.05) is 64.3 Å². The first kappa shape index (κ1) is 17.1. The van der Waals surface area contributed by atoms with Crippen LogP contribution in [0, 0.1) is 17.0 Å². The Labute approximate surface area is 145 Å². The molecule has 0 bridgehead atoms. The molecule has 0 atom stereocenters. The molecule has 22 heavy (non-hydrogen) atoms. The van der Waals surface area contributed by atoms with Crippen molar-refractivity contribution in [3.05, 3.63) is 60.2 Å². The highest BCUT2D eigenvalue weighted by atomic mass is 35.5. The Balaban J connectivity index is 2.63. The topological polar surface area (TPSA) is 63.5 Å². The summed E-state index contributed by atoms with van der Waals surface area (Å²) in [6, 6.07) is 7.02. The lowest BCUT2D eigenvalue weighted by molar-refractivity contribution is -0.420. The van der Waals surface area contributed by atoms with E-state index in [-0.39, 0.29) is 16.7 Å². The smallest absolute Gasteiger partial charge is 0.273 e. The van der Waals surface area contributed by atoms with Crippen LogP contribution < -0.4 is 4.90 Å². The van der Waals surface area contributed by atoms with Gasteiger partial charge in [0.1, 0.15) is 4.49 Å². The summed E-state index contributed by atoms with van der Waals surface area (Å²) in [7, 11) is 0. The Morgan fingerprint density at radius 1 is 1.27 bits per heavy atom. The molecule has 0 unspecified atom stereocenters. The number of benzene rings is 1. The monoisotopic (exact) mass is 378 g/mol. The molecule has 0 saturated carbocycles. The van der Waals surface area contributed by atoms with Gasteiger partial charge >= 0.3 is 5.70 Å². The molecule has 1 aliphatic rings. The molecule has 2 rings (SSSR count). The quantitative estimate of drug-likeness (QED) is 0.576. The number of aryl methyl sites for hydroxylation is 1. The molecule has 0 radical (unpaired) electrons. The molecule has 1 aromatic rings. The molecule has 0 N–H and O–H groups in total. The van der Waals surface area contributed by atoms with Gasteiger partial charge in [0, 0.05) is 5.69 Å². The molecule has 1 aliphatic heterocycles. The van der Waals surface area contributed by atoms with Crippen molar-refractivity contribution in [2.75, 3.05) is 10.7 Å². The van der Waals surface area contributed by atoms with Crippen LogP contribution in [0.5, 0.6) is 0 Å². The fraction of sp³-hybridized carbons (Fsp3) is 0.154. The number of halogens is 3. The van der Waals surface area contributed by atoms with Gasteiger partial charge in [-0.05, 0) is 19.1 Å². The van der Waals surface area contributed by atoms with Crippen LogP contribution in [-0.2, 0) is 4.79 Å². The van der Waals surface area contributed by atoms with Gasteiger partial charge in [0.05, 0.1) is 10.7 Å². The maximum atomic E-state index is 12.1. The zero-order valence-corrected chi connectivity index (χ0v) is 14.3. The van der Waals surface area contributed by atoms with E-state index in [0.717, 1.165) is 17.3 Å². The summed E-state index contributed by atoms with van der Waals surface area (Å²) >= 11 is 18.0. The maximum absolute atomic E-state index is 12.1. The predicted octanol–water partition coefficient (Wildman–Crippen LogP) is 4.41. The molecule has 0 aromatic heterocycles. The van der Waals surface area contributed by atoms with Crippen LogP contribution in [0.15, 0.2) is 44.5 Å². The van der Waals surface area contributed by atoms with E-state index in [1.165, 1.54) is 4.90 Å². The Kier molecular flexibility index (Phi) is 5.39. The minimum Gasteiger partial charge on any atom is -0.273 e. The minimum absolute atomic E-state index is 0.0740. The molecule has 1 amide bonds. The molecule has 9 heteroatoms. The van der Waals surface area contributed by atoms with Gasteiger partial charge < -0.3 is 0 Å². The molecule has 1 fully saturated rings. The number of carbonyl (C=O) groups excluding carboxylic acids is 1. The zero-order valence-electron chi connectivity index (χ0n) is 11.2. The first-order chi connectivity index (χ1) is 10.3. The van der Waals surface area contributed by atoms with E-state index < -0.39 is 20.1 Å². The summed E-state index contributed by atoms with van der Waals surface area (Å²) in [4.78, 5) is 24.0. The highest BCUT2D eigenvalue weighted by molar-refractivity contribution is 8.04. The van der Waals surface area contributed by atoms with Crippen molar-refractivity contribution in [2.24, 2.45) is 0 Å². The van der Waals surface area contributed by atoms with Crippen LogP contribution in [0.2, 0.25) is 0 Å². The molecule has 0 aliphatic carbocycles. The van der Waals surface area contributed by atoms with E-state index in [4.69, 9.17) is 34.8 Å². The van der Waals surface area contributed by atoms with Gasteiger partial charge in [-0.3, -0.25) is 19.8 Å². The third-order valence-corrected chi connectivity index (χ3v) is 4.82. The normalized spacial score (nSPS) is 16.7. The Hall–Kier alpha value is -1.21. The van der Waals surface area contributed by atoms with Gasteiger partial charge in [-0.2, -0.15) is 0 Å². The molecular weight excluding hydrogens is 371 g/mol. The first-order valence-corrected chi connectivity index (χ1v) is 8.07. The van der Waals surface area contributed by atoms with Crippen LogP contribution in [-0.4, -0.2) is 16.6 Å². The lowest BCUT2D eigenvalue weighted by atomic mass is 10.2. The summed E-state index contributed by atoms with van der Waals surface area (Å²) < 4.78 is -0.426. The Bertz CT molecular complexity index is 697. The second kappa shape index (κ2) is 6.91. The number of hydrogen-bond donors (Lipinski definition) is 0. The van der Waals surface area contributed by atoms with E-state index in [9.17, 15) is 14.9 Å². The largest absolute Gasteiger partial charge is 0.320 e. The van der Waals surface area contributed by atoms with Gasteiger partial charge in [-0.15, -0.1) is 0 Å². The zero-order chi connectivity index (χ0) is 16.4. The number of rotatable bonds is 3. The molecular formula is C13H9Cl3N2O3S. The predicted molar refractivity (Wildman–Crippen MR) is 89.7 cm³/mol. The van der Waals surface area contributed by atoms with E-state index >= 15 is 0 Å². The van der Waals surface area contributed by atoms with Crippen LogP contribution in [0.4, 0.5) is 5.69 Å². The number of nitro groups is 1. The molecule has 5 nitrogen and oxygen atoms in total. The summed E-state index contributed by atoms with van der Waals surface area (Å²) in [5.74, 6) is -0.205. The maximum Gasteiger partial charge on any atom is 0.320 e. The molecule has 1 heterocycles. The molecule has 116 valence electrons. The fourth-order valence-corrected chi connectivity index (χ4v) is 3.28. The SMILES string of the molecule is Cc1ccc(N2C(=O)CSC2=C(C(Cl)=C(Cl)Cl)[N+](=O)[O-])cc1. The number of allylic oxidation sites excluding steroid dienone is 1. The summed E-state index contributed by atoms with van der Waals surface area (Å²) in [5.41, 5.74) is 1.04. The summed E-state index contributed by atoms with van der Waals surface area (Å²) in [5, 5.41) is 11.0. The van der Waals surface area contributed by atoms with Crippen LogP contribution in [0.25, 0.3) is 0 Å². The summed E-state index contributed by atoms with van der Waals surface area (Å²) in [6.07, 6.45) is 0. The van der Waals surface area contributed by atoms with Crippen molar-refractivity contribution in [1.82, 2.24) is 0 Å². The fourth-order valence-electron chi connectivity index (χ4n) is 1.84. The second-order valence-corrected chi connectivity index (χ2v) is 6.63. The van der Waals surface area contributed by atoms with Gasteiger partial charge in [0.25, 0.3) is 0 Å². The van der Waals surface area contributed by atoms with Crippen LogP contribution in [0.3, 0.4) is 0 Å². The Morgan fingerprint density at radius 3 is 2.36 bits per heavy atom. The lowest BCUT2D eigenvalue weighted by Gasteiger charge is -2.17. The standard InChI is InChI=1S/C13H9Cl3N2O3S/c1-7-2-4-8(5-3-7)17-9(19)6-22-13(17)11(18(20)21)10(14)12(15)16/h2-5H,6H2,1H3. The second-order valence-electron chi connectivity index (χ2n) is 4.34. The van der Waals surface area contributed by atoms with Crippen molar-refractivity contribution < 1.29 is 9.72 Å². The van der Waals surface area contributed by atoms with Gasteiger partial charge in [-0.25, -0.2) is 0 Å². The van der Waals surface area contributed by atoms with E-state index in [2.05, 4.69) is 0 Å². The first-order valence-electron chi connectivity index (χ1n) is 5.95. The van der Waals surface area contributed by atoms with Crippen LogP contribution >= 0.6 is 46.6 Å². The third-order valence-electron chi connectivity index (χ3n) is 2.84. The van der Waals surface area contributed by atoms with Crippen molar-refractivity contribution >= 4 is 58.2 Å². The number of amides is 1. The molecule has 1 saturated heterocycles. The van der Waals surface area contributed by atoms with Crippen LogP contribution in [0.1, 0.15) is 5.56 Å². The highest BCUT2D eigenvalue weighted by Crippen LogP contribution is 2.40. The average Bonchev–Trinajstić information content (AvgIpc) is 2.81. The van der Waals surface area contributed by atoms with E-state index in [0.29, 0.717) is 5.69 Å². The van der Waals surface area contributed by atoms with E-state index in [1.54, 1.807) is 24.3 Å². The number of carbonyl (C=O) groups is 1. The lowest BCUT2D eigenvalue weighted by Crippen LogP contribution is -2.25. The third kappa shape index (κ3) is 3.41. The number of anilines is 1. The van der Waals surface area contributed by atoms with Gasteiger partial charge in [0.2, 0.25) is 5.91 Å². The van der Waals surface area contributed by atoms with Crippen molar-refractivity contribution in [3.8, 4) is 0 Å². The molecule has 0 spiro atoms. The highest BCUT2D eigenvalue weighted by Gasteiger charge is 2.37. The minimum atomic E-state index is -0.699. The van der Waals surface area contributed by atoms with Crippen molar-refractivity contribution in [3.63, 3.8) is 0 Å². The Morgan fingerprint density at radius 2 is 1.86 bits per heavy atom. The number of nitrogens with zero attached hydrogens (tertiary/aromatic N) is 2. The van der Waals surface area contributed by atoms with Crippen molar-refractivity contribution in [2.45, 2.75) is 6.92 Å². The van der Waals surface area contributed by atoms with Crippen molar-refractivity contribution in [1.29, 1.82) is 0 Å². The van der Waals surface area contributed by atoms with Gasteiger partial charge in [0.15, 0.2) is 10.1 Å². The van der Waals surface area contributed by atoms with E-state index in [1.807, 2.05) is 6.92 Å². The molecule has 1 aromatic carbocycles. The summed E-state index contributed by atoms with van der Waals surface area (Å²) in [6.45, 7) is 1.90.